The first kappa shape index (κ1) is 15.0. The third-order valence-electron chi connectivity index (χ3n) is 2.08. The normalized spacial score (nSPS) is 11.1. The van der Waals surface area contributed by atoms with Crippen LogP contribution in [0.2, 0.25) is 0 Å². The molecule has 1 rings (SSSR count). The van der Waals surface area contributed by atoms with Crippen molar-refractivity contribution in [3.8, 4) is 11.8 Å². The molecule has 0 unspecified atom stereocenters. The van der Waals surface area contributed by atoms with E-state index in [0.29, 0.717) is 16.5 Å². The van der Waals surface area contributed by atoms with Crippen LogP contribution in [0, 0.1) is 11.3 Å². The maximum Gasteiger partial charge on any atom is 0.139 e. The van der Waals surface area contributed by atoms with Crippen LogP contribution in [-0.2, 0) is 0 Å². The van der Waals surface area contributed by atoms with Crippen LogP contribution in [0.1, 0.15) is 23.6 Å². The SMILES string of the molecule is C=CC[C@@H](N)c1c(Br)ccc(C#N)c1O.Cl. The molecule has 1 aromatic carbocycles. The van der Waals surface area contributed by atoms with Gasteiger partial charge in [-0.2, -0.15) is 5.26 Å². The van der Waals surface area contributed by atoms with Gasteiger partial charge < -0.3 is 10.8 Å². The molecule has 3 N–H and O–H groups in total. The summed E-state index contributed by atoms with van der Waals surface area (Å²) in [4.78, 5) is 0. The summed E-state index contributed by atoms with van der Waals surface area (Å²) in [5, 5.41) is 18.6. The Morgan fingerprint density at radius 2 is 2.25 bits per heavy atom. The number of halogens is 2. The molecular formula is C11H12BrClN2O. The van der Waals surface area contributed by atoms with Crippen molar-refractivity contribution < 1.29 is 5.11 Å². The molecule has 5 heteroatoms. The number of aromatic hydroxyl groups is 1. The van der Waals surface area contributed by atoms with Gasteiger partial charge in [-0.3, -0.25) is 0 Å². The number of hydrogen-bond acceptors (Lipinski definition) is 3. The van der Waals surface area contributed by atoms with Gasteiger partial charge in [-0.25, -0.2) is 0 Å². The Kier molecular flexibility index (Phi) is 6.12. The molecule has 0 aliphatic heterocycles. The summed E-state index contributed by atoms with van der Waals surface area (Å²) in [6, 6.07) is 4.80. The number of phenolic OH excluding ortho intramolecular Hbond substituents is 1. The summed E-state index contributed by atoms with van der Waals surface area (Å²) < 4.78 is 0.702. The van der Waals surface area contributed by atoms with Crippen LogP contribution in [0.25, 0.3) is 0 Å². The third kappa shape index (κ3) is 2.99. The van der Waals surface area contributed by atoms with Crippen molar-refractivity contribution >= 4 is 28.3 Å². The molecule has 0 radical (unpaired) electrons. The second-order valence-corrected chi connectivity index (χ2v) is 3.95. The zero-order valence-electron chi connectivity index (χ0n) is 8.48. The Balaban J connectivity index is 0.00000225. The van der Waals surface area contributed by atoms with E-state index in [2.05, 4.69) is 22.5 Å². The molecule has 0 amide bonds. The highest BCUT2D eigenvalue weighted by Gasteiger charge is 2.16. The van der Waals surface area contributed by atoms with E-state index in [9.17, 15) is 5.11 Å². The molecule has 0 saturated carbocycles. The van der Waals surface area contributed by atoms with Gasteiger partial charge in [0.1, 0.15) is 11.8 Å². The highest BCUT2D eigenvalue weighted by atomic mass is 79.9. The lowest BCUT2D eigenvalue weighted by atomic mass is 10.0. The summed E-state index contributed by atoms with van der Waals surface area (Å²) in [5.41, 5.74) is 6.64. The topological polar surface area (TPSA) is 70.0 Å². The van der Waals surface area contributed by atoms with Crippen molar-refractivity contribution in [2.45, 2.75) is 12.5 Å². The van der Waals surface area contributed by atoms with E-state index in [-0.39, 0.29) is 29.8 Å². The largest absolute Gasteiger partial charge is 0.506 e. The average Bonchev–Trinajstić information content (AvgIpc) is 2.18. The molecule has 0 saturated heterocycles. The van der Waals surface area contributed by atoms with Crippen molar-refractivity contribution in [1.29, 1.82) is 5.26 Å². The smallest absolute Gasteiger partial charge is 0.139 e. The number of nitriles is 1. The molecule has 3 nitrogen and oxygen atoms in total. The van der Waals surface area contributed by atoms with Crippen LogP contribution in [0.3, 0.4) is 0 Å². The predicted octanol–water partition coefficient (Wildman–Crippen LogP) is 3.02. The number of phenols is 1. The first-order valence-corrected chi connectivity index (χ1v) is 5.19. The average molecular weight is 304 g/mol. The Labute approximate surface area is 109 Å². The monoisotopic (exact) mass is 302 g/mol. The van der Waals surface area contributed by atoms with E-state index in [1.807, 2.05) is 6.07 Å². The fraction of sp³-hybridized carbons (Fsp3) is 0.182. The first-order chi connectivity index (χ1) is 7.11. The van der Waals surface area contributed by atoms with Gasteiger partial charge in [0.2, 0.25) is 0 Å². The molecule has 0 aliphatic rings. The molecule has 0 bridgehead atoms. The Hall–Kier alpha value is -1.02. The maximum absolute atomic E-state index is 9.80. The zero-order chi connectivity index (χ0) is 11.4. The number of nitrogens with two attached hydrogens (primary N) is 1. The number of benzene rings is 1. The van der Waals surface area contributed by atoms with Gasteiger partial charge in [0, 0.05) is 16.1 Å². The minimum atomic E-state index is -0.356. The number of nitrogens with zero attached hydrogens (tertiary/aromatic N) is 1. The lowest BCUT2D eigenvalue weighted by molar-refractivity contribution is 0.459. The molecule has 1 aromatic rings. The molecule has 86 valence electrons. The van der Waals surface area contributed by atoms with Crippen molar-refractivity contribution in [1.82, 2.24) is 0 Å². The molecule has 1 atom stereocenters. The highest BCUT2D eigenvalue weighted by molar-refractivity contribution is 9.10. The van der Waals surface area contributed by atoms with Gasteiger partial charge in [-0.15, -0.1) is 19.0 Å². The number of hydrogen-bond donors (Lipinski definition) is 2. The summed E-state index contributed by atoms with van der Waals surface area (Å²) in [6.45, 7) is 3.59. The minimum absolute atomic E-state index is 0. The summed E-state index contributed by atoms with van der Waals surface area (Å²) in [5.74, 6) is -0.0544. The van der Waals surface area contributed by atoms with Crippen LogP contribution in [0.15, 0.2) is 29.3 Å². The van der Waals surface area contributed by atoms with Gasteiger partial charge in [-0.1, -0.05) is 22.0 Å². The summed E-state index contributed by atoms with van der Waals surface area (Å²) in [7, 11) is 0. The van der Waals surface area contributed by atoms with Crippen molar-refractivity contribution in [3.05, 3.63) is 40.4 Å². The Morgan fingerprint density at radius 1 is 1.62 bits per heavy atom. The molecule has 0 aliphatic carbocycles. The molecular weight excluding hydrogens is 291 g/mol. The van der Waals surface area contributed by atoms with E-state index >= 15 is 0 Å². The lowest BCUT2D eigenvalue weighted by Crippen LogP contribution is -2.10. The van der Waals surface area contributed by atoms with Gasteiger partial charge in [0.05, 0.1) is 5.56 Å². The van der Waals surface area contributed by atoms with Crippen LogP contribution in [0.5, 0.6) is 5.75 Å². The fourth-order valence-electron chi connectivity index (χ4n) is 1.32. The second kappa shape index (κ2) is 6.54. The minimum Gasteiger partial charge on any atom is -0.506 e. The van der Waals surface area contributed by atoms with Crippen molar-refractivity contribution in [2.75, 3.05) is 0 Å². The first-order valence-electron chi connectivity index (χ1n) is 4.39. The van der Waals surface area contributed by atoms with Gasteiger partial charge in [0.15, 0.2) is 0 Å². The van der Waals surface area contributed by atoms with E-state index in [4.69, 9.17) is 11.0 Å². The predicted molar refractivity (Wildman–Crippen MR) is 69.5 cm³/mol. The number of rotatable bonds is 3. The third-order valence-corrected chi connectivity index (χ3v) is 2.77. The quantitative estimate of drug-likeness (QED) is 0.843. The Morgan fingerprint density at radius 3 is 2.75 bits per heavy atom. The molecule has 16 heavy (non-hydrogen) atoms. The second-order valence-electron chi connectivity index (χ2n) is 3.10. The Bertz CT molecular complexity index is 429. The molecule has 0 spiro atoms. The lowest BCUT2D eigenvalue weighted by Gasteiger charge is -2.14. The molecule has 0 aromatic heterocycles. The van der Waals surface area contributed by atoms with Gasteiger partial charge >= 0.3 is 0 Å². The van der Waals surface area contributed by atoms with E-state index < -0.39 is 0 Å². The van der Waals surface area contributed by atoms with Crippen molar-refractivity contribution in [2.24, 2.45) is 5.73 Å². The highest BCUT2D eigenvalue weighted by Crippen LogP contribution is 2.34. The molecule has 0 fully saturated rings. The van der Waals surface area contributed by atoms with Crippen LogP contribution < -0.4 is 5.73 Å². The fourth-order valence-corrected chi connectivity index (χ4v) is 1.94. The summed E-state index contributed by atoms with van der Waals surface area (Å²) in [6.07, 6.45) is 2.22. The van der Waals surface area contributed by atoms with Gasteiger partial charge in [-0.05, 0) is 18.6 Å². The van der Waals surface area contributed by atoms with Crippen molar-refractivity contribution in [3.63, 3.8) is 0 Å². The maximum atomic E-state index is 9.80. The van der Waals surface area contributed by atoms with E-state index in [0.717, 1.165) is 0 Å². The van der Waals surface area contributed by atoms with E-state index in [1.165, 1.54) is 0 Å². The van der Waals surface area contributed by atoms with E-state index in [1.54, 1.807) is 18.2 Å². The van der Waals surface area contributed by atoms with Crippen LogP contribution in [0.4, 0.5) is 0 Å². The standard InChI is InChI=1S/C11H11BrN2O.ClH/c1-2-3-9(14)10-8(12)5-4-7(6-13)11(10)15;/h2,4-5,9,15H,1,3,14H2;1H/t9-;/m1./s1. The summed E-state index contributed by atoms with van der Waals surface area (Å²) >= 11 is 3.30. The zero-order valence-corrected chi connectivity index (χ0v) is 10.9. The molecule has 0 heterocycles. The van der Waals surface area contributed by atoms with Crippen LogP contribution >= 0.6 is 28.3 Å². The van der Waals surface area contributed by atoms with Gasteiger partial charge in [0.25, 0.3) is 0 Å². The van der Waals surface area contributed by atoms with Crippen LogP contribution in [-0.4, -0.2) is 5.11 Å².